The largest absolute Gasteiger partial charge is 0.308 e. The number of piperidine rings is 1. The number of thiazole rings is 1. The van der Waals surface area contributed by atoms with Gasteiger partial charge in [-0.15, -0.1) is 11.3 Å². The van der Waals surface area contributed by atoms with Crippen molar-refractivity contribution in [3.8, 4) is 0 Å². The monoisotopic (exact) mass is 281 g/mol. The van der Waals surface area contributed by atoms with E-state index in [4.69, 9.17) is 0 Å². The Morgan fingerprint density at radius 1 is 1.37 bits per heavy atom. The van der Waals surface area contributed by atoms with Crippen LogP contribution in [0.15, 0.2) is 0 Å². The second-order valence-electron chi connectivity index (χ2n) is 5.87. The molecule has 1 unspecified atom stereocenters. The third-order valence-corrected chi connectivity index (χ3v) is 5.01. The molecule has 1 N–H and O–H groups in total. The maximum absolute atomic E-state index is 4.63. The van der Waals surface area contributed by atoms with Crippen molar-refractivity contribution in [1.82, 2.24) is 15.2 Å². The van der Waals surface area contributed by atoms with Gasteiger partial charge in [-0.2, -0.15) is 0 Å². The molecule has 0 radical (unpaired) electrons. The molecule has 2 heterocycles. The summed E-state index contributed by atoms with van der Waals surface area (Å²) in [4.78, 5) is 8.56. The zero-order valence-electron chi connectivity index (χ0n) is 12.7. The quantitative estimate of drug-likeness (QED) is 0.898. The number of aromatic nitrogens is 1. The summed E-state index contributed by atoms with van der Waals surface area (Å²) >= 11 is 1.80. The van der Waals surface area contributed by atoms with Gasteiger partial charge in [0, 0.05) is 24.0 Å². The molecule has 0 spiro atoms. The highest BCUT2D eigenvalue weighted by Gasteiger charge is 2.16. The van der Waals surface area contributed by atoms with E-state index in [1.165, 1.54) is 48.1 Å². The van der Waals surface area contributed by atoms with Gasteiger partial charge in [-0.05, 0) is 52.6 Å². The standard InChI is InChI=1S/C15H27N3S/c1-11-5-8-18(9-6-11)10-7-16-12(2)15-13(3)19-14(4)17-15/h11-12,16H,5-10H2,1-4H3. The van der Waals surface area contributed by atoms with Gasteiger partial charge in [-0.25, -0.2) is 4.98 Å². The van der Waals surface area contributed by atoms with E-state index in [9.17, 15) is 0 Å². The van der Waals surface area contributed by atoms with E-state index in [1.54, 1.807) is 11.3 Å². The molecule has 1 aromatic rings. The summed E-state index contributed by atoms with van der Waals surface area (Å²) in [7, 11) is 0. The van der Waals surface area contributed by atoms with Crippen molar-refractivity contribution in [2.24, 2.45) is 5.92 Å². The molecule has 0 aromatic carbocycles. The predicted molar refractivity (Wildman–Crippen MR) is 82.8 cm³/mol. The van der Waals surface area contributed by atoms with Crippen LogP contribution in [0.5, 0.6) is 0 Å². The lowest BCUT2D eigenvalue weighted by Crippen LogP contribution is -2.38. The van der Waals surface area contributed by atoms with Crippen LogP contribution in [0.4, 0.5) is 0 Å². The molecule has 0 bridgehead atoms. The van der Waals surface area contributed by atoms with Crippen LogP contribution in [0.2, 0.25) is 0 Å². The minimum atomic E-state index is 0.369. The molecule has 1 aliphatic rings. The average molecular weight is 281 g/mol. The van der Waals surface area contributed by atoms with Crippen molar-refractivity contribution in [3.05, 3.63) is 15.6 Å². The van der Waals surface area contributed by atoms with E-state index < -0.39 is 0 Å². The van der Waals surface area contributed by atoms with Crippen molar-refractivity contribution in [3.63, 3.8) is 0 Å². The maximum Gasteiger partial charge on any atom is 0.0900 e. The molecule has 2 rings (SSSR count). The van der Waals surface area contributed by atoms with Crippen LogP contribution in [0.3, 0.4) is 0 Å². The van der Waals surface area contributed by atoms with Crippen LogP contribution in [0.1, 0.15) is 48.3 Å². The number of hydrogen-bond acceptors (Lipinski definition) is 4. The Bertz CT molecular complexity index is 394. The molecular weight excluding hydrogens is 254 g/mol. The van der Waals surface area contributed by atoms with Gasteiger partial charge in [-0.1, -0.05) is 6.92 Å². The number of likely N-dealkylation sites (tertiary alicyclic amines) is 1. The summed E-state index contributed by atoms with van der Waals surface area (Å²) in [6, 6.07) is 0.369. The van der Waals surface area contributed by atoms with Gasteiger partial charge >= 0.3 is 0 Å². The average Bonchev–Trinajstić information content (AvgIpc) is 2.71. The number of rotatable bonds is 5. The number of nitrogens with one attached hydrogen (secondary N) is 1. The van der Waals surface area contributed by atoms with Crippen LogP contribution >= 0.6 is 11.3 Å². The van der Waals surface area contributed by atoms with Gasteiger partial charge < -0.3 is 10.2 Å². The van der Waals surface area contributed by atoms with Crippen LogP contribution in [-0.2, 0) is 0 Å². The minimum Gasteiger partial charge on any atom is -0.308 e. The smallest absolute Gasteiger partial charge is 0.0900 e. The molecule has 1 atom stereocenters. The fourth-order valence-corrected chi connectivity index (χ4v) is 3.68. The molecule has 19 heavy (non-hydrogen) atoms. The van der Waals surface area contributed by atoms with E-state index >= 15 is 0 Å². The molecular formula is C15H27N3S. The highest BCUT2D eigenvalue weighted by atomic mass is 32.1. The number of hydrogen-bond donors (Lipinski definition) is 1. The first-order valence-corrected chi connectivity index (χ1v) is 8.27. The van der Waals surface area contributed by atoms with Crippen LogP contribution in [-0.4, -0.2) is 36.1 Å². The Morgan fingerprint density at radius 2 is 2.05 bits per heavy atom. The van der Waals surface area contributed by atoms with Crippen LogP contribution in [0, 0.1) is 19.8 Å². The van der Waals surface area contributed by atoms with Crippen LogP contribution in [0.25, 0.3) is 0 Å². The predicted octanol–water partition coefficient (Wildman–Crippen LogP) is 3.14. The Balaban J connectivity index is 1.72. The summed E-state index contributed by atoms with van der Waals surface area (Å²) in [6.45, 7) is 13.6. The van der Waals surface area contributed by atoms with Crippen molar-refractivity contribution >= 4 is 11.3 Å². The fourth-order valence-electron chi connectivity index (χ4n) is 2.77. The fraction of sp³-hybridized carbons (Fsp3) is 0.800. The summed E-state index contributed by atoms with van der Waals surface area (Å²) in [5, 5.41) is 4.79. The zero-order valence-corrected chi connectivity index (χ0v) is 13.5. The Morgan fingerprint density at radius 3 is 2.63 bits per heavy atom. The van der Waals surface area contributed by atoms with Gasteiger partial charge in [-0.3, -0.25) is 0 Å². The second kappa shape index (κ2) is 6.82. The van der Waals surface area contributed by atoms with Gasteiger partial charge in [0.25, 0.3) is 0 Å². The minimum absolute atomic E-state index is 0.369. The molecule has 0 aliphatic carbocycles. The van der Waals surface area contributed by atoms with Gasteiger partial charge in [0.05, 0.1) is 10.7 Å². The molecule has 4 heteroatoms. The third kappa shape index (κ3) is 4.26. The van der Waals surface area contributed by atoms with Crippen molar-refractivity contribution in [2.75, 3.05) is 26.2 Å². The second-order valence-corrected chi connectivity index (χ2v) is 7.28. The van der Waals surface area contributed by atoms with Crippen molar-refractivity contribution in [2.45, 2.75) is 46.6 Å². The summed E-state index contributed by atoms with van der Waals surface area (Å²) in [5.74, 6) is 0.920. The lowest BCUT2D eigenvalue weighted by molar-refractivity contribution is 0.191. The maximum atomic E-state index is 4.63. The molecule has 108 valence electrons. The molecule has 1 fully saturated rings. The molecule has 1 saturated heterocycles. The van der Waals surface area contributed by atoms with Gasteiger partial charge in [0.2, 0.25) is 0 Å². The van der Waals surface area contributed by atoms with E-state index in [-0.39, 0.29) is 0 Å². The van der Waals surface area contributed by atoms with Gasteiger partial charge in [0.15, 0.2) is 0 Å². The Hall–Kier alpha value is -0.450. The molecule has 0 saturated carbocycles. The molecule has 3 nitrogen and oxygen atoms in total. The van der Waals surface area contributed by atoms with E-state index in [1.807, 2.05) is 0 Å². The highest BCUT2D eigenvalue weighted by Crippen LogP contribution is 2.22. The lowest BCUT2D eigenvalue weighted by Gasteiger charge is -2.30. The summed E-state index contributed by atoms with van der Waals surface area (Å²) < 4.78 is 0. The number of nitrogens with zero attached hydrogens (tertiary/aromatic N) is 2. The number of aryl methyl sites for hydroxylation is 2. The van der Waals surface area contributed by atoms with Crippen LogP contribution < -0.4 is 5.32 Å². The Labute approximate surface area is 121 Å². The van der Waals surface area contributed by atoms with E-state index in [2.05, 4.69) is 42.9 Å². The first-order chi connectivity index (χ1) is 9.06. The lowest BCUT2D eigenvalue weighted by atomic mass is 9.99. The molecule has 1 aliphatic heterocycles. The van der Waals surface area contributed by atoms with Crippen molar-refractivity contribution < 1.29 is 0 Å². The summed E-state index contributed by atoms with van der Waals surface area (Å²) in [6.07, 6.45) is 2.72. The van der Waals surface area contributed by atoms with E-state index in [0.717, 1.165) is 12.5 Å². The normalized spacial score (nSPS) is 19.8. The third-order valence-electron chi connectivity index (χ3n) is 4.10. The van der Waals surface area contributed by atoms with Crippen molar-refractivity contribution in [1.29, 1.82) is 0 Å². The molecule has 1 aromatic heterocycles. The first kappa shape index (κ1) is 14.9. The van der Waals surface area contributed by atoms with Gasteiger partial charge in [0.1, 0.15) is 0 Å². The SMILES string of the molecule is Cc1nc(C(C)NCCN2CCC(C)CC2)c(C)s1. The van der Waals surface area contributed by atoms with E-state index in [0.29, 0.717) is 6.04 Å². The topological polar surface area (TPSA) is 28.2 Å². The molecule has 0 amide bonds. The first-order valence-electron chi connectivity index (χ1n) is 7.46. The Kier molecular flexibility index (Phi) is 5.37. The zero-order chi connectivity index (χ0) is 13.8. The summed E-state index contributed by atoms with van der Waals surface area (Å²) in [5.41, 5.74) is 1.23. The highest BCUT2D eigenvalue weighted by molar-refractivity contribution is 7.11.